The molecule has 2 heterocycles. The number of phenols is 1. The van der Waals surface area contributed by atoms with E-state index in [-0.39, 0.29) is 36.5 Å². The first-order chi connectivity index (χ1) is 28.6. The number of aromatic nitrogens is 1. The number of ether oxygens (including phenoxy) is 1. The molecular weight excluding hydrogens is 743 g/mol. The molecule has 7 N–H and O–H groups in total. The minimum atomic E-state index is -0.938. The maximum Gasteiger partial charge on any atom is 0.160 e. The number of nitrogens with zero attached hydrogens (tertiary/aromatic N) is 1. The molecule has 9 atom stereocenters. The van der Waals surface area contributed by atoms with E-state index in [1.807, 2.05) is 48.5 Å². The maximum atomic E-state index is 13.8. The first-order valence-corrected chi connectivity index (χ1v) is 21.7. The number of ketones is 2. The molecule has 1 saturated heterocycles. The number of carbonyl (C=O) groups is 2. The van der Waals surface area contributed by atoms with Crippen LogP contribution in [0, 0.1) is 35.5 Å². The Balaban J connectivity index is 1.15. The third kappa shape index (κ3) is 12.3. The average molecular weight is 806 g/mol. The predicted octanol–water partition coefficient (Wildman–Crippen LogP) is 6.89. The van der Waals surface area contributed by atoms with Crippen molar-refractivity contribution in [2.75, 3.05) is 26.0 Å². The first kappa shape index (κ1) is 44.0. The number of aliphatic hydroxyl groups is 3. The van der Waals surface area contributed by atoms with Gasteiger partial charge in [-0.05, 0) is 129 Å². The van der Waals surface area contributed by atoms with Crippen molar-refractivity contribution in [1.82, 2.24) is 10.3 Å². The summed E-state index contributed by atoms with van der Waals surface area (Å²) in [7, 11) is 1.49. The molecule has 0 spiro atoms. The Hall–Kier alpha value is -4.53. The van der Waals surface area contributed by atoms with Gasteiger partial charge < -0.3 is 36.2 Å². The van der Waals surface area contributed by atoms with E-state index in [0.717, 1.165) is 67.3 Å². The lowest BCUT2D eigenvalue weighted by atomic mass is 9.70. The molecule has 6 rings (SSSR count). The second kappa shape index (κ2) is 21.6. The van der Waals surface area contributed by atoms with Gasteiger partial charge in [0.2, 0.25) is 0 Å². The highest BCUT2D eigenvalue weighted by Crippen LogP contribution is 2.39. The number of aryl methyl sites for hydroxylation is 1. The Kier molecular flexibility index (Phi) is 16.2. The number of Topliss-reactive ketones (excluding diaryl/α,β-unsaturated/α-hetero) is 2. The fourth-order valence-corrected chi connectivity index (χ4v) is 9.66. The zero-order chi connectivity index (χ0) is 41.7. The van der Waals surface area contributed by atoms with Crippen LogP contribution in [-0.4, -0.2) is 75.5 Å². The number of piperidine rings is 1. The molecule has 10 nitrogen and oxygen atoms in total. The topological polar surface area (TPSA) is 175 Å². The number of anilines is 1. The van der Waals surface area contributed by atoms with E-state index in [1.54, 1.807) is 18.3 Å². The standard InChI is InChI=1S/C49H63N3O7/c1-59-48-27-37-17-21-46(57)42(45(56)11-5-9-33(10-6-24-53)39-25-38-15-19-41(55)29-44(38)52-31-39)20-16-34(43(37)30-47(48)58)14-18-40(54)26-35(36-22-23-51-49(50)28-36)13-12-32-7-3-2-4-8-32/h2-4,7-8,12-13,22-23,27-28,30,33-35,38-40,42,44-45,52-54,56,58H,5-6,9-11,14-15,17-19,21,24-26,29,31H2,1H3,(H2,50,51)/b13-12+/t33-,34-,35+,38-,39+,40+,42-,44-,45-/m1/s1. The molecule has 0 bridgehead atoms. The van der Waals surface area contributed by atoms with E-state index in [4.69, 9.17) is 10.5 Å². The van der Waals surface area contributed by atoms with Gasteiger partial charge >= 0.3 is 0 Å². The van der Waals surface area contributed by atoms with Crippen molar-refractivity contribution in [3.8, 4) is 23.3 Å². The van der Waals surface area contributed by atoms with E-state index >= 15 is 0 Å². The monoisotopic (exact) mass is 805 g/mol. The second-order valence-corrected chi connectivity index (χ2v) is 17.0. The highest BCUT2D eigenvalue weighted by atomic mass is 16.5. The number of aromatic hydroxyl groups is 1. The lowest BCUT2D eigenvalue weighted by Gasteiger charge is -2.42. The summed E-state index contributed by atoms with van der Waals surface area (Å²) in [6, 6.07) is 17.5. The molecule has 2 fully saturated rings. The Bertz CT molecular complexity index is 1940. The normalized spacial score (nSPS) is 24.0. The van der Waals surface area contributed by atoms with Gasteiger partial charge in [0.1, 0.15) is 17.5 Å². The number of aliphatic hydroxyl groups excluding tert-OH is 3. The molecule has 3 aromatic rings. The van der Waals surface area contributed by atoms with Crippen LogP contribution in [0.5, 0.6) is 11.5 Å². The van der Waals surface area contributed by atoms with Crippen LogP contribution in [0.1, 0.15) is 118 Å². The first-order valence-electron chi connectivity index (χ1n) is 21.7. The minimum absolute atomic E-state index is 0.0152. The number of hydrogen-bond acceptors (Lipinski definition) is 10. The van der Waals surface area contributed by atoms with Gasteiger partial charge in [0.05, 0.1) is 19.3 Å². The smallest absolute Gasteiger partial charge is 0.160 e. The number of rotatable bonds is 18. The molecule has 10 heteroatoms. The Labute approximate surface area is 349 Å². The highest BCUT2D eigenvalue weighted by Gasteiger charge is 2.37. The van der Waals surface area contributed by atoms with Crippen molar-refractivity contribution < 1.29 is 34.8 Å². The average Bonchev–Trinajstić information content (AvgIpc) is 3.30. The fraction of sp³-hybridized carbons (Fsp3) is 0.531. The Morgan fingerprint density at radius 3 is 2.59 bits per heavy atom. The summed E-state index contributed by atoms with van der Waals surface area (Å²) in [5.41, 5.74) is 9.71. The van der Waals surface area contributed by atoms with Crippen LogP contribution in [0.3, 0.4) is 0 Å². The molecule has 0 amide bonds. The number of allylic oxidation sites excluding steroid dienone is 1. The molecule has 59 heavy (non-hydrogen) atoms. The molecule has 316 valence electrons. The number of nitrogens with two attached hydrogens (primary N) is 1. The predicted molar refractivity (Wildman–Crippen MR) is 231 cm³/mol. The number of carbonyl (C=O) groups excluding carboxylic acids is 2. The third-order valence-corrected chi connectivity index (χ3v) is 13.0. The number of phenolic OH excluding ortho intramolecular Hbond substituents is 1. The van der Waals surface area contributed by atoms with Gasteiger partial charge in [0.15, 0.2) is 17.3 Å². The summed E-state index contributed by atoms with van der Waals surface area (Å²) in [6.07, 6.45) is 13.0. The van der Waals surface area contributed by atoms with Crippen LogP contribution in [0.25, 0.3) is 6.08 Å². The van der Waals surface area contributed by atoms with E-state index in [0.29, 0.717) is 80.1 Å². The van der Waals surface area contributed by atoms with E-state index < -0.39 is 24.0 Å². The number of methoxy groups -OCH3 is 1. The number of nitrogens with one attached hydrogen (secondary N) is 1. The van der Waals surface area contributed by atoms with Crippen LogP contribution < -0.4 is 15.8 Å². The van der Waals surface area contributed by atoms with Gasteiger partial charge in [-0.25, -0.2) is 4.98 Å². The molecule has 0 radical (unpaired) electrons. The van der Waals surface area contributed by atoms with E-state index in [9.17, 15) is 30.0 Å². The summed E-state index contributed by atoms with van der Waals surface area (Å²) in [4.78, 5) is 30.0. The SMILES string of the molecule is COc1cc2c(cc1O)[C@H](CC[C@H](O)C[C@H](/C=C/c1ccccc1)c1ccnc(N)c1)C#C[C@H]([C@H](O)CCC[C@H](CCCO)[C@@H]1CN[C@@H]3CC(=O)CC[C@@H]3C1)C(=O)CC2. The van der Waals surface area contributed by atoms with Gasteiger partial charge in [0, 0.05) is 49.9 Å². The molecule has 3 aliphatic rings. The summed E-state index contributed by atoms with van der Waals surface area (Å²) < 4.78 is 5.44. The Morgan fingerprint density at radius 1 is 1.00 bits per heavy atom. The van der Waals surface area contributed by atoms with Gasteiger partial charge in [0.25, 0.3) is 0 Å². The highest BCUT2D eigenvalue weighted by molar-refractivity contribution is 5.85. The van der Waals surface area contributed by atoms with Gasteiger partial charge in [-0.1, -0.05) is 67.2 Å². The third-order valence-electron chi connectivity index (χ3n) is 13.0. The number of pyridine rings is 1. The number of benzene rings is 2. The summed E-state index contributed by atoms with van der Waals surface area (Å²) in [5.74, 6) is 7.44. The lowest BCUT2D eigenvalue weighted by Crippen LogP contribution is -2.50. The van der Waals surface area contributed by atoms with Gasteiger partial charge in [-0.15, -0.1) is 0 Å². The largest absolute Gasteiger partial charge is 0.504 e. The zero-order valence-corrected chi connectivity index (χ0v) is 34.5. The minimum Gasteiger partial charge on any atom is -0.504 e. The molecular formula is C49H63N3O7. The van der Waals surface area contributed by atoms with Crippen LogP contribution in [0.4, 0.5) is 5.82 Å². The molecule has 1 aromatic heterocycles. The van der Waals surface area contributed by atoms with E-state index in [1.165, 1.54) is 7.11 Å². The van der Waals surface area contributed by atoms with Crippen LogP contribution >= 0.6 is 0 Å². The van der Waals surface area contributed by atoms with E-state index in [2.05, 4.69) is 28.2 Å². The van der Waals surface area contributed by atoms with Crippen molar-refractivity contribution >= 4 is 23.5 Å². The summed E-state index contributed by atoms with van der Waals surface area (Å²) >= 11 is 0. The molecule has 1 aliphatic heterocycles. The molecule has 1 saturated carbocycles. The lowest BCUT2D eigenvalue weighted by molar-refractivity contribution is -0.124. The van der Waals surface area contributed by atoms with Crippen molar-refractivity contribution in [2.24, 2.45) is 23.7 Å². The Morgan fingerprint density at radius 2 is 1.81 bits per heavy atom. The number of nitrogen functional groups attached to an aromatic ring is 1. The molecule has 2 aliphatic carbocycles. The van der Waals surface area contributed by atoms with Gasteiger partial charge in [-0.2, -0.15) is 0 Å². The van der Waals surface area contributed by atoms with Crippen molar-refractivity contribution in [3.05, 3.63) is 89.1 Å². The number of hydrogen-bond donors (Lipinski definition) is 6. The molecule has 2 aromatic carbocycles. The molecule has 0 unspecified atom stereocenters. The van der Waals surface area contributed by atoms with Crippen molar-refractivity contribution in [3.63, 3.8) is 0 Å². The van der Waals surface area contributed by atoms with Crippen LogP contribution in [0.15, 0.2) is 66.9 Å². The summed E-state index contributed by atoms with van der Waals surface area (Å²) in [5, 5.41) is 47.4. The summed E-state index contributed by atoms with van der Waals surface area (Å²) in [6.45, 7) is 1.00. The second-order valence-electron chi connectivity index (χ2n) is 17.0. The van der Waals surface area contributed by atoms with Crippen molar-refractivity contribution in [2.45, 2.75) is 120 Å². The van der Waals surface area contributed by atoms with Crippen LogP contribution in [0.2, 0.25) is 0 Å². The number of fused-ring (bicyclic) bond motifs is 2. The van der Waals surface area contributed by atoms with Crippen LogP contribution in [-0.2, 0) is 16.0 Å². The van der Waals surface area contributed by atoms with Gasteiger partial charge in [-0.3, -0.25) is 9.59 Å². The fourth-order valence-electron chi connectivity index (χ4n) is 9.66. The zero-order valence-electron chi connectivity index (χ0n) is 34.5. The quantitative estimate of drug-likeness (QED) is 0.0743. The van der Waals surface area contributed by atoms with Crippen molar-refractivity contribution in [1.29, 1.82) is 0 Å². The maximum absolute atomic E-state index is 13.8.